The summed E-state index contributed by atoms with van der Waals surface area (Å²) in [6.45, 7) is 3.74. The maximum atomic E-state index is 13.2. The number of carboxylic acids is 1. The summed E-state index contributed by atoms with van der Waals surface area (Å²) in [5.74, 6) is -2.37. The summed E-state index contributed by atoms with van der Waals surface area (Å²) in [6, 6.07) is 12.0. The molecule has 0 saturated carbocycles. The lowest BCUT2D eigenvalue weighted by Crippen LogP contribution is -2.54. The summed E-state index contributed by atoms with van der Waals surface area (Å²) in [5, 5.41) is 11.6. The van der Waals surface area contributed by atoms with Crippen LogP contribution in [0, 0.1) is 13.8 Å². The average molecular weight is 509 g/mol. The molecule has 0 atom stereocenters. The van der Waals surface area contributed by atoms with E-state index in [2.05, 4.69) is 21.2 Å². The van der Waals surface area contributed by atoms with Gasteiger partial charge in [0.05, 0.1) is 11.3 Å². The standard InChI is InChI=1S/C24H17BrN2O6/c1-12-9-18(25)19(10-13(12)2)27-22(29)17(21(28)26-24(27)32)11-14-7-8-20(33-14)15-5-3-4-6-16(15)23(30)31/h3-11H,1-2H3,(H,30,31)(H,26,28,32)/b17-11-. The van der Waals surface area contributed by atoms with Gasteiger partial charge in [-0.25, -0.2) is 14.5 Å². The van der Waals surface area contributed by atoms with Crippen LogP contribution in [0.5, 0.6) is 0 Å². The van der Waals surface area contributed by atoms with E-state index in [1.165, 1.54) is 18.2 Å². The average Bonchev–Trinajstić information content (AvgIpc) is 3.23. The lowest BCUT2D eigenvalue weighted by molar-refractivity contribution is -0.122. The molecule has 1 aliphatic heterocycles. The van der Waals surface area contributed by atoms with Crippen molar-refractivity contribution in [3.05, 3.63) is 81.0 Å². The molecule has 1 fully saturated rings. The maximum Gasteiger partial charge on any atom is 0.336 e. The van der Waals surface area contributed by atoms with E-state index in [0.29, 0.717) is 15.7 Å². The molecular formula is C24H17BrN2O6. The number of hydrogen-bond donors (Lipinski definition) is 2. The van der Waals surface area contributed by atoms with Gasteiger partial charge in [-0.2, -0.15) is 0 Å². The zero-order valence-electron chi connectivity index (χ0n) is 17.5. The Kier molecular flexibility index (Phi) is 5.73. The number of aromatic carboxylic acids is 1. The van der Waals surface area contributed by atoms with Crippen molar-refractivity contribution in [2.24, 2.45) is 0 Å². The van der Waals surface area contributed by atoms with Crippen molar-refractivity contribution in [1.82, 2.24) is 5.32 Å². The third-order valence-electron chi connectivity index (χ3n) is 5.24. The first kappa shape index (κ1) is 22.2. The highest BCUT2D eigenvalue weighted by Gasteiger charge is 2.38. The Hall–Kier alpha value is -3.98. The Balaban J connectivity index is 1.73. The molecule has 0 spiro atoms. The van der Waals surface area contributed by atoms with Crippen LogP contribution in [-0.4, -0.2) is 28.9 Å². The normalized spacial score (nSPS) is 15.2. The number of carbonyl (C=O) groups is 4. The number of halogens is 1. The van der Waals surface area contributed by atoms with Crippen molar-refractivity contribution in [2.75, 3.05) is 4.90 Å². The minimum Gasteiger partial charge on any atom is -0.478 e. The second-order valence-electron chi connectivity index (χ2n) is 7.40. The van der Waals surface area contributed by atoms with E-state index >= 15 is 0 Å². The summed E-state index contributed by atoms with van der Waals surface area (Å²) in [5.41, 5.74) is 2.23. The number of hydrogen-bond acceptors (Lipinski definition) is 5. The molecule has 0 radical (unpaired) electrons. The molecule has 3 aromatic rings. The molecule has 2 N–H and O–H groups in total. The number of nitrogens with zero attached hydrogens (tertiary/aromatic N) is 1. The van der Waals surface area contributed by atoms with Gasteiger partial charge in [-0.05, 0) is 77.3 Å². The summed E-state index contributed by atoms with van der Waals surface area (Å²) in [7, 11) is 0. The van der Waals surface area contributed by atoms with Crippen molar-refractivity contribution in [1.29, 1.82) is 0 Å². The van der Waals surface area contributed by atoms with Gasteiger partial charge in [0, 0.05) is 10.0 Å². The molecule has 1 saturated heterocycles. The molecule has 0 bridgehead atoms. The van der Waals surface area contributed by atoms with Gasteiger partial charge in [0.1, 0.15) is 17.1 Å². The molecule has 8 nitrogen and oxygen atoms in total. The molecule has 33 heavy (non-hydrogen) atoms. The topological polar surface area (TPSA) is 117 Å². The predicted molar refractivity (Wildman–Crippen MR) is 124 cm³/mol. The fraction of sp³-hybridized carbons (Fsp3) is 0.0833. The van der Waals surface area contributed by atoms with Crippen molar-refractivity contribution in [3.63, 3.8) is 0 Å². The zero-order chi connectivity index (χ0) is 23.9. The second kappa shape index (κ2) is 8.51. The first-order valence-electron chi connectivity index (χ1n) is 9.78. The van der Waals surface area contributed by atoms with E-state index in [1.807, 2.05) is 13.8 Å². The Labute approximate surface area is 196 Å². The quantitative estimate of drug-likeness (QED) is 0.389. The third-order valence-corrected chi connectivity index (χ3v) is 5.88. The molecule has 1 aliphatic rings. The molecule has 2 heterocycles. The Morgan fingerprint density at radius 1 is 1.06 bits per heavy atom. The molecular weight excluding hydrogens is 492 g/mol. The highest BCUT2D eigenvalue weighted by atomic mass is 79.9. The van der Waals surface area contributed by atoms with Gasteiger partial charge < -0.3 is 9.52 Å². The van der Waals surface area contributed by atoms with Crippen LogP contribution >= 0.6 is 15.9 Å². The van der Waals surface area contributed by atoms with Crippen LogP contribution in [0.4, 0.5) is 10.5 Å². The first-order chi connectivity index (χ1) is 15.7. The van der Waals surface area contributed by atoms with Crippen molar-refractivity contribution >= 4 is 51.5 Å². The highest BCUT2D eigenvalue weighted by molar-refractivity contribution is 9.10. The predicted octanol–water partition coefficient (Wildman–Crippen LogP) is 4.69. The van der Waals surface area contributed by atoms with Crippen LogP contribution in [-0.2, 0) is 9.59 Å². The smallest absolute Gasteiger partial charge is 0.336 e. The van der Waals surface area contributed by atoms with Crippen LogP contribution in [0.25, 0.3) is 17.4 Å². The number of carbonyl (C=O) groups excluding carboxylic acids is 3. The second-order valence-corrected chi connectivity index (χ2v) is 8.25. The van der Waals surface area contributed by atoms with Crippen LogP contribution in [0.1, 0.15) is 27.2 Å². The minimum absolute atomic E-state index is 0.0499. The molecule has 1 aromatic heterocycles. The molecule has 166 valence electrons. The van der Waals surface area contributed by atoms with Gasteiger partial charge in [-0.1, -0.05) is 18.2 Å². The summed E-state index contributed by atoms with van der Waals surface area (Å²) >= 11 is 3.38. The number of benzene rings is 2. The van der Waals surface area contributed by atoms with Crippen LogP contribution < -0.4 is 10.2 Å². The number of barbiturate groups is 1. The maximum absolute atomic E-state index is 13.2. The SMILES string of the molecule is Cc1cc(Br)c(N2C(=O)NC(=O)/C(=C/c3ccc(-c4ccccc4C(=O)O)o3)C2=O)cc1C. The molecule has 9 heteroatoms. The summed E-state index contributed by atoms with van der Waals surface area (Å²) in [4.78, 5) is 50.5. The Morgan fingerprint density at radius 2 is 1.76 bits per heavy atom. The fourth-order valence-electron chi connectivity index (χ4n) is 3.42. The number of rotatable bonds is 4. The van der Waals surface area contributed by atoms with Crippen LogP contribution in [0.15, 0.2) is 63.0 Å². The van der Waals surface area contributed by atoms with E-state index in [4.69, 9.17) is 4.42 Å². The Bertz CT molecular complexity index is 1370. The summed E-state index contributed by atoms with van der Waals surface area (Å²) in [6.07, 6.45) is 1.22. The van der Waals surface area contributed by atoms with Gasteiger partial charge in [0.2, 0.25) is 0 Å². The number of anilines is 1. The fourth-order valence-corrected chi connectivity index (χ4v) is 4.05. The zero-order valence-corrected chi connectivity index (χ0v) is 19.1. The van der Waals surface area contributed by atoms with E-state index in [9.17, 15) is 24.3 Å². The van der Waals surface area contributed by atoms with E-state index in [0.717, 1.165) is 16.0 Å². The number of furan rings is 1. The monoisotopic (exact) mass is 508 g/mol. The number of imide groups is 2. The number of amides is 4. The molecule has 0 aliphatic carbocycles. The largest absolute Gasteiger partial charge is 0.478 e. The van der Waals surface area contributed by atoms with Gasteiger partial charge >= 0.3 is 12.0 Å². The first-order valence-corrected chi connectivity index (χ1v) is 10.6. The van der Waals surface area contributed by atoms with E-state index in [1.54, 1.807) is 36.4 Å². The summed E-state index contributed by atoms with van der Waals surface area (Å²) < 4.78 is 6.22. The lowest BCUT2D eigenvalue weighted by Gasteiger charge is -2.27. The number of nitrogens with one attached hydrogen (secondary N) is 1. The van der Waals surface area contributed by atoms with Crippen molar-refractivity contribution in [3.8, 4) is 11.3 Å². The molecule has 4 rings (SSSR count). The van der Waals surface area contributed by atoms with Gasteiger partial charge in [-0.15, -0.1) is 0 Å². The van der Waals surface area contributed by atoms with Crippen molar-refractivity contribution in [2.45, 2.75) is 13.8 Å². The van der Waals surface area contributed by atoms with Crippen LogP contribution in [0.3, 0.4) is 0 Å². The number of aryl methyl sites for hydroxylation is 2. The van der Waals surface area contributed by atoms with Gasteiger partial charge in [0.25, 0.3) is 11.8 Å². The lowest BCUT2D eigenvalue weighted by atomic mass is 10.1. The van der Waals surface area contributed by atoms with E-state index < -0.39 is 23.8 Å². The number of carboxylic acid groups (broad SMARTS) is 1. The molecule has 2 aromatic carbocycles. The number of urea groups is 1. The minimum atomic E-state index is -1.11. The van der Waals surface area contributed by atoms with Gasteiger partial charge in [-0.3, -0.25) is 14.9 Å². The molecule has 0 unspecified atom stereocenters. The third kappa shape index (κ3) is 4.10. The van der Waals surface area contributed by atoms with Crippen molar-refractivity contribution < 1.29 is 28.7 Å². The highest BCUT2D eigenvalue weighted by Crippen LogP contribution is 2.33. The molecule has 4 amide bonds. The Morgan fingerprint density at radius 3 is 2.48 bits per heavy atom. The van der Waals surface area contributed by atoms with Crippen LogP contribution in [0.2, 0.25) is 0 Å². The van der Waals surface area contributed by atoms with E-state index in [-0.39, 0.29) is 22.7 Å². The van der Waals surface area contributed by atoms with Gasteiger partial charge in [0.15, 0.2) is 0 Å².